The molecule has 0 aliphatic heterocycles. The second-order valence-corrected chi connectivity index (χ2v) is 5.25. The van der Waals surface area contributed by atoms with Gasteiger partial charge in [0, 0.05) is 6.54 Å². The zero-order valence-electron chi connectivity index (χ0n) is 9.36. The van der Waals surface area contributed by atoms with Crippen molar-refractivity contribution < 1.29 is 17.9 Å². The number of methoxy groups -OCH3 is 1. The van der Waals surface area contributed by atoms with Crippen LogP contribution in [0.1, 0.15) is 17.3 Å². The number of carbonyl (C=O) groups is 1. The molecule has 0 radical (unpaired) electrons. The zero-order valence-corrected chi connectivity index (χ0v) is 10.9. The van der Waals surface area contributed by atoms with E-state index in [4.69, 9.17) is 16.3 Å². The van der Waals surface area contributed by atoms with E-state index in [0.29, 0.717) is 0 Å². The molecule has 0 fully saturated rings. The second kappa shape index (κ2) is 5.48. The Labute approximate surface area is 105 Å². The number of benzene rings is 1. The van der Waals surface area contributed by atoms with Crippen LogP contribution in [0.2, 0.25) is 0 Å². The SMILES string of the molecule is CCNS(=O)(=O)c1ccc(OC)c(C(=O)Cl)c1. The number of rotatable bonds is 5. The van der Waals surface area contributed by atoms with E-state index in [1.54, 1.807) is 6.92 Å². The highest BCUT2D eigenvalue weighted by atomic mass is 35.5. The van der Waals surface area contributed by atoms with Gasteiger partial charge in [-0.3, -0.25) is 4.79 Å². The first-order valence-corrected chi connectivity index (χ1v) is 6.66. The van der Waals surface area contributed by atoms with Gasteiger partial charge in [-0.1, -0.05) is 6.92 Å². The molecule has 0 saturated carbocycles. The normalized spacial score (nSPS) is 11.2. The van der Waals surface area contributed by atoms with Gasteiger partial charge >= 0.3 is 0 Å². The number of ether oxygens (including phenoxy) is 1. The van der Waals surface area contributed by atoms with Crippen molar-refractivity contribution in [2.75, 3.05) is 13.7 Å². The van der Waals surface area contributed by atoms with E-state index in [2.05, 4.69) is 4.72 Å². The molecule has 0 amide bonds. The Bertz CT molecular complexity index is 527. The number of carbonyl (C=O) groups excluding carboxylic acids is 1. The second-order valence-electron chi connectivity index (χ2n) is 3.14. The van der Waals surface area contributed by atoms with Gasteiger partial charge in [-0.05, 0) is 29.8 Å². The molecule has 0 saturated heterocycles. The number of hydrogen-bond donors (Lipinski definition) is 1. The summed E-state index contributed by atoms with van der Waals surface area (Å²) in [6.45, 7) is 1.92. The van der Waals surface area contributed by atoms with Gasteiger partial charge in [0.05, 0.1) is 17.6 Å². The lowest BCUT2D eigenvalue weighted by atomic mass is 10.2. The minimum Gasteiger partial charge on any atom is -0.496 e. The quantitative estimate of drug-likeness (QED) is 0.825. The molecule has 0 atom stereocenters. The van der Waals surface area contributed by atoms with Crippen LogP contribution in [-0.4, -0.2) is 27.3 Å². The average Bonchev–Trinajstić information content (AvgIpc) is 2.28. The molecule has 0 aromatic heterocycles. The van der Waals surface area contributed by atoms with Gasteiger partial charge in [-0.2, -0.15) is 0 Å². The van der Waals surface area contributed by atoms with Crippen molar-refractivity contribution in [1.82, 2.24) is 4.72 Å². The van der Waals surface area contributed by atoms with Crippen LogP contribution in [0.5, 0.6) is 5.75 Å². The molecule has 94 valence electrons. The van der Waals surface area contributed by atoms with E-state index in [9.17, 15) is 13.2 Å². The van der Waals surface area contributed by atoms with Gasteiger partial charge in [-0.15, -0.1) is 0 Å². The number of hydrogen-bond acceptors (Lipinski definition) is 4. The molecule has 1 aromatic rings. The van der Waals surface area contributed by atoms with E-state index in [1.165, 1.54) is 25.3 Å². The van der Waals surface area contributed by atoms with Crippen molar-refractivity contribution >= 4 is 26.9 Å². The van der Waals surface area contributed by atoms with Crippen LogP contribution in [0.25, 0.3) is 0 Å². The minimum atomic E-state index is -3.61. The summed E-state index contributed by atoms with van der Waals surface area (Å²) in [6.07, 6.45) is 0. The molecule has 17 heavy (non-hydrogen) atoms. The van der Waals surface area contributed by atoms with Gasteiger partial charge < -0.3 is 4.74 Å². The third-order valence-electron chi connectivity index (χ3n) is 2.03. The maximum absolute atomic E-state index is 11.7. The Morgan fingerprint density at radius 2 is 2.12 bits per heavy atom. The summed E-state index contributed by atoms with van der Waals surface area (Å²) in [7, 11) is -2.24. The van der Waals surface area contributed by atoms with E-state index in [-0.39, 0.29) is 22.8 Å². The zero-order chi connectivity index (χ0) is 13.1. The van der Waals surface area contributed by atoms with Crippen LogP contribution in [0, 0.1) is 0 Å². The fourth-order valence-corrected chi connectivity index (χ4v) is 2.50. The Morgan fingerprint density at radius 3 is 2.59 bits per heavy atom. The predicted molar refractivity (Wildman–Crippen MR) is 64.0 cm³/mol. The van der Waals surface area contributed by atoms with Gasteiger partial charge in [0.2, 0.25) is 10.0 Å². The molecule has 1 rings (SSSR count). The summed E-state index contributed by atoms with van der Waals surface area (Å²) < 4.78 is 30.6. The Morgan fingerprint density at radius 1 is 1.47 bits per heavy atom. The van der Waals surface area contributed by atoms with Crippen LogP contribution in [0.15, 0.2) is 23.1 Å². The van der Waals surface area contributed by atoms with E-state index >= 15 is 0 Å². The van der Waals surface area contributed by atoms with E-state index in [1.807, 2.05) is 0 Å². The largest absolute Gasteiger partial charge is 0.496 e. The van der Waals surface area contributed by atoms with Crippen molar-refractivity contribution in [3.63, 3.8) is 0 Å². The third kappa shape index (κ3) is 3.18. The molecule has 5 nitrogen and oxygen atoms in total. The lowest BCUT2D eigenvalue weighted by Gasteiger charge is -2.08. The lowest BCUT2D eigenvalue weighted by Crippen LogP contribution is -2.23. The first kappa shape index (κ1) is 14.0. The Balaban J connectivity index is 3.31. The first-order chi connectivity index (χ1) is 7.92. The third-order valence-corrected chi connectivity index (χ3v) is 3.77. The van der Waals surface area contributed by atoms with E-state index in [0.717, 1.165) is 0 Å². The van der Waals surface area contributed by atoms with Crippen molar-refractivity contribution in [2.45, 2.75) is 11.8 Å². The van der Waals surface area contributed by atoms with Gasteiger partial charge in [0.15, 0.2) is 0 Å². The molecule has 0 heterocycles. The topological polar surface area (TPSA) is 72.5 Å². The summed E-state index contributed by atoms with van der Waals surface area (Å²) >= 11 is 5.35. The molecule has 0 spiro atoms. The summed E-state index contributed by atoms with van der Waals surface area (Å²) in [4.78, 5) is 11.1. The summed E-state index contributed by atoms with van der Waals surface area (Å²) in [5.41, 5.74) is 0.0214. The van der Waals surface area contributed by atoms with Crippen LogP contribution in [-0.2, 0) is 10.0 Å². The highest BCUT2D eigenvalue weighted by molar-refractivity contribution is 7.89. The molecule has 0 bridgehead atoms. The van der Waals surface area contributed by atoms with Crippen molar-refractivity contribution in [3.8, 4) is 5.75 Å². The van der Waals surface area contributed by atoms with Crippen LogP contribution < -0.4 is 9.46 Å². The summed E-state index contributed by atoms with van der Waals surface area (Å²) in [5, 5.41) is -0.768. The maximum Gasteiger partial charge on any atom is 0.256 e. The van der Waals surface area contributed by atoms with Gasteiger partial charge in [0.1, 0.15) is 5.75 Å². The van der Waals surface area contributed by atoms with Crippen molar-refractivity contribution in [1.29, 1.82) is 0 Å². The standard InChI is InChI=1S/C10H12ClNO4S/c1-3-12-17(14,15)7-4-5-9(16-2)8(6-7)10(11)13/h4-6,12H,3H2,1-2H3. The molecule has 0 aliphatic carbocycles. The van der Waals surface area contributed by atoms with Crippen LogP contribution in [0.3, 0.4) is 0 Å². The lowest BCUT2D eigenvalue weighted by molar-refractivity contribution is 0.107. The van der Waals surface area contributed by atoms with Crippen LogP contribution in [0.4, 0.5) is 0 Å². The molecule has 0 aliphatic rings. The fourth-order valence-electron chi connectivity index (χ4n) is 1.28. The molecule has 1 aromatic carbocycles. The number of sulfonamides is 1. The Hall–Kier alpha value is -1.11. The van der Waals surface area contributed by atoms with Crippen molar-refractivity contribution in [2.24, 2.45) is 0 Å². The van der Waals surface area contributed by atoms with Crippen molar-refractivity contribution in [3.05, 3.63) is 23.8 Å². The number of nitrogens with one attached hydrogen (secondary N) is 1. The van der Waals surface area contributed by atoms with Gasteiger partial charge in [0.25, 0.3) is 5.24 Å². The first-order valence-electron chi connectivity index (χ1n) is 4.80. The molecular formula is C10H12ClNO4S. The fraction of sp³-hybridized carbons (Fsp3) is 0.300. The average molecular weight is 278 g/mol. The predicted octanol–water partition coefficient (Wildman–Crippen LogP) is 1.37. The maximum atomic E-state index is 11.7. The van der Waals surface area contributed by atoms with E-state index < -0.39 is 15.3 Å². The molecule has 7 heteroatoms. The smallest absolute Gasteiger partial charge is 0.256 e. The molecule has 0 unspecified atom stereocenters. The number of halogens is 1. The minimum absolute atomic E-state index is 0.0214. The highest BCUT2D eigenvalue weighted by Crippen LogP contribution is 2.23. The monoisotopic (exact) mass is 277 g/mol. The summed E-state index contributed by atoms with van der Waals surface area (Å²) in [6, 6.07) is 3.92. The highest BCUT2D eigenvalue weighted by Gasteiger charge is 2.17. The van der Waals surface area contributed by atoms with Crippen LogP contribution >= 0.6 is 11.6 Å². The van der Waals surface area contributed by atoms with Gasteiger partial charge in [-0.25, -0.2) is 13.1 Å². The molecule has 1 N–H and O–H groups in total. The molecular weight excluding hydrogens is 266 g/mol. The summed E-state index contributed by atoms with van der Waals surface area (Å²) in [5.74, 6) is 0.237. The Kier molecular flexibility index (Phi) is 4.50.